The van der Waals surface area contributed by atoms with Crippen molar-refractivity contribution in [3.8, 4) is 5.75 Å². The average molecular weight is 297 g/mol. The van der Waals surface area contributed by atoms with Crippen molar-refractivity contribution in [2.45, 2.75) is 6.92 Å². The van der Waals surface area contributed by atoms with Crippen LogP contribution in [-0.4, -0.2) is 22.2 Å². The first-order valence-corrected chi connectivity index (χ1v) is 6.66. The number of aryl methyl sites for hydroxylation is 1. The van der Waals surface area contributed by atoms with E-state index in [-0.39, 0.29) is 0 Å². The molecular formula is C15H15N5O2. The molecule has 112 valence electrons. The number of anilines is 4. The monoisotopic (exact) mass is 297 g/mol. The van der Waals surface area contributed by atoms with Crippen LogP contribution in [0, 0.1) is 6.92 Å². The van der Waals surface area contributed by atoms with E-state index < -0.39 is 0 Å². The molecular weight excluding hydrogens is 282 g/mol. The summed E-state index contributed by atoms with van der Waals surface area (Å²) in [7, 11) is 1.64. The topological polar surface area (TPSA) is 85.1 Å². The average Bonchev–Trinajstić information content (AvgIpc) is 2.93. The maximum absolute atomic E-state index is 5.13. The number of nitrogens with one attached hydrogen (secondary N) is 2. The summed E-state index contributed by atoms with van der Waals surface area (Å²) in [5.41, 5.74) is 0.905. The minimum absolute atomic E-state index is 0.603. The molecule has 22 heavy (non-hydrogen) atoms. The highest BCUT2D eigenvalue weighted by Crippen LogP contribution is 2.21. The molecule has 0 bridgehead atoms. The van der Waals surface area contributed by atoms with Crippen LogP contribution >= 0.6 is 0 Å². The number of nitrogens with zero attached hydrogens (tertiary/aromatic N) is 3. The lowest BCUT2D eigenvalue weighted by Gasteiger charge is -2.08. The van der Waals surface area contributed by atoms with Gasteiger partial charge >= 0.3 is 0 Å². The summed E-state index contributed by atoms with van der Waals surface area (Å²) in [6.07, 6.45) is 1.47. The number of hydrogen-bond donors (Lipinski definition) is 2. The molecule has 2 N–H and O–H groups in total. The van der Waals surface area contributed by atoms with Crippen LogP contribution in [-0.2, 0) is 0 Å². The number of aromatic nitrogens is 3. The molecule has 3 rings (SSSR count). The molecule has 3 aromatic rings. The molecule has 7 nitrogen and oxygen atoms in total. The number of benzene rings is 1. The molecule has 2 aromatic heterocycles. The minimum Gasteiger partial charge on any atom is -0.497 e. The first-order chi connectivity index (χ1) is 10.7. The Hall–Kier alpha value is -3.09. The molecule has 0 unspecified atom stereocenters. The second-order valence-electron chi connectivity index (χ2n) is 4.59. The van der Waals surface area contributed by atoms with Crippen molar-refractivity contribution in [3.05, 3.63) is 48.5 Å². The van der Waals surface area contributed by atoms with Crippen molar-refractivity contribution < 1.29 is 9.26 Å². The normalized spacial score (nSPS) is 10.3. The van der Waals surface area contributed by atoms with E-state index in [9.17, 15) is 0 Å². The van der Waals surface area contributed by atoms with Crippen LogP contribution in [0.2, 0.25) is 0 Å². The van der Waals surface area contributed by atoms with Gasteiger partial charge in [0, 0.05) is 17.8 Å². The first-order valence-electron chi connectivity index (χ1n) is 6.66. The van der Waals surface area contributed by atoms with Crippen LogP contribution < -0.4 is 15.4 Å². The number of ether oxygens (including phenoxy) is 1. The minimum atomic E-state index is 0.603. The van der Waals surface area contributed by atoms with Crippen molar-refractivity contribution in [1.82, 2.24) is 15.1 Å². The molecule has 0 spiro atoms. The summed E-state index contributed by atoms with van der Waals surface area (Å²) in [5.74, 6) is 3.43. The van der Waals surface area contributed by atoms with E-state index in [2.05, 4.69) is 25.8 Å². The molecule has 0 aliphatic heterocycles. The quantitative estimate of drug-likeness (QED) is 0.747. The highest BCUT2D eigenvalue weighted by molar-refractivity contribution is 5.61. The highest BCUT2D eigenvalue weighted by atomic mass is 16.5. The number of methoxy groups -OCH3 is 1. The van der Waals surface area contributed by atoms with Crippen molar-refractivity contribution in [2.75, 3.05) is 17.7 Å². The van der Waals surface area contributed by atoms with Gasteiger partial charge in [0.2, 0.25) is 0 Å². The van der Waals surface area contributed by atoms with Gasteiger partial charge in [-0.15, -0.1) is 0 Å². The van der Waals surface area contributed by atoms with E-state index >= 15 is 0 Å². The molecule has 1 aromatic carbocycles. The van der Waals surface area contributed by atoms with Gasteiger partial charge in [-0.1, -0.05) is 5.16 Å². The summed E-state index contributed by atoms with van der Waals surface area (Å²) >= 11 is 0. The SMILES string of the molecule is COc1ccc(Nc2cc(Nc3cc(C)on3)ncn2)cc1. The predicted octanol–water partition coefficient (Wildman–Crippen LogP) is 3.27. The van der Waals surface area contributed by atoms with Gasteiger partial charge in [0.1, 0.15) is 29.5 Å². The van der Waals surface area contributed by atoms with E-state index in [1.54, 1.807) is 19.2 Å². The van der Waals surface area contributed by atoms with E-state index in [1.807, 2.05) is 31.2 Å². The molecule has 7 heteroatoms. The second kappa shape index (κ2) is 6.13. The maximum Gasteiger partial charge on any atom is 0.175 e. The van der Waals surface area contributed by atoms with E-state index in [0.29, 0.717) is 17.5 Å². The fourth-order valence-corrected chi connectivity index (χ4v) is 1.87. The Balaban J connectivity index is 1.72. The molecule has 0 fully saturated rings. The predicted molar refractivity (Wildman–Crippen MR) is 82.8 cm³/mol. The van der Waals surface area contributed by atoms with Crippen LogP contribution in [0.1, 0.15) is 5.76 Å². The molecule has 0 aliphatic carbocycles. The molecule has 2 heterocycles. The third-order valence-corrected chi connectivity index (χ3v) is 2.91. The van der Waals surface area contributed by atoms with Gasteiger partial charge in [-0.2, -0.15) is 0 Å². The summed E-state index contributed by atoms with van der Waals surface area (Å²) in [6.45, 7) is 1.83. The van der Waals surface area contributed by atoms with Gasteiger partial charge in [-0.25, -0.2) is 9.97 Å². The first kappa shape index (κ1) is 13.9. The zero-order valence-corrected chi connectivity index (χ0v) is 12.2. The summed E-state index contributed by atoms with van der Waals surface area (Å²) in [5, 5.41) is 10.1. The third kappa shape index (κ3) is 3.32. The molecule has 0 saturated heterocycles. The lowest BCUT2D eigenvalue weighted by molar-refractivity contribution is 0.400. The van der Waals surface area contributed by atoms with Crippen molar-refractivity contribution in [2.24, 2.45) is 0 Å². The van der Waals surface area contributed by atoms with Gasteiger partial charge in [0.25, 0.3) is 0 Å². The van der Waals surface area contributed by atoms with E-state index in [0.717, 1.165) is 17.2 Å². The third-order valence-electron chi connectivity index (χ3n) is 2.91. The lowest BCUT2D eigenvalue weighted by Crippen LogP contribution is -1.98. The van der Waals surface area contributed by atoms with Crippen LogP contribution in [0.5, 0.6) is 5.75 Å². The van der Waals surface area contributed by atoms with Gasteiger partial charge in [-0.3, -0.25) is 0 Å². The smallest absolute Gasteiger partial charge is 0.175 e. The molecule has 0 amide bonds. The fraction of sp³-hybridized carbons (Fsp3) is 0.133. The Morgan fingerprint density at radius 1 is 0.955 bits per heavy atom. The van der Waals surface area contributed by atoms with E-state index in [4.69, 9.17) is 9.26 Å². The van der Waals surface area contributed by atoms with Crippen molar-refractivity contribution in [3.63, 3.8) is 0 Å². The van der Waals surface area contributed by atoms with Gasteiger partial charge < -0.3 is 19.9 Å². The van der Waals surface area contributed by atoms with Gasteiger partial charge in [0.15, 0.2) is 5.82 Å². The Kier molecular flexibility index (Phi) is 3.86. The number of rotatable bonds is 5. The zero-order valence-electron chi connectivity index (χ0n) is 12.2. The Bertz CT molecular complexity index is 755. The molecule has 0 saturated carbocycles. The zero-order chi connectivity index (χ0) is 15.4. The second-order valence-corrected chi connectivity index (χ2v) is 4.59. The maximum atomic E-state index is 5.13. The van der Waals surface area contributed by atoms with Crippen molar-refractivity contribution >= 4 is 23.1 Å². The summed E-state index contributed by atoms with van der Waals surface area (Å²) in [6, 6.07) is 11.2. The van der Waals surface area contributed by atoms with Crippen molar-refractivity contribution in [1.29, 1.82) is 0 Å². The van der Waals surface area contributed by atoms with Gasteiger partial charge in [0.05, 0.1) is 7.11 Å². The fourth-order valence-electron chi connectivity index (χ4n) is 1.87. The Labute approximate surface area is 127 Å². The van der Waals surface area contributed by atoms with Crippen LogP contribution in [0.4, 0.5) is 23.1 Å². The van der Waals surface area contributed by atoms with Crippen LogP contribution in [0.25, 0.3) is 0 Å². The van der Waals surface area contributed by atoms with Crippen LogP contribution in [0.15, 0.2) is 47.2 Å². The Morgan fingerprint density at radius 2 is 1.68 bits per heavy atom. The van der Waals surface area contributed by atoms with Gasteiger partial charge in [-0.05, 0) is 31.2 Å². The standard InChI is InChI=1S/C15H15N5O2/c1-10-7-15(20-22-10)19-14-8-13(16-9-17-14)18-11-3-5-12(21-2)6-4-11/h3-9H,1-2H3,(H2,16,17,18,19,20). The van der Waals surface area contributed by atoms with Crippen LogP contribution in [0.3, 0.4) is 0 Å². The highest BCUT2D eigenvalue weighted by Gasteiger charge is 2.04. The Morgan fingerprint density at radius 3 is 2.32 bits per heavy atom. The van der Waals surface area contributed by atoms with E-state index in [1.165, 1.54) is 6.33 Å². The molecule has 0 atom stereocenters. The largest absolute Gasteiger partial charge is 0.497 e. The molecule has 0 aliphatic rings. The summed E-state index contributed by atoms with van der Waals surface area (Å²) in [4.78, 5) is 8.34. The summed E-state index contributed by atoms with van der Waals surface area (Å²) < 4.78 is 10.1. The number of hydrogen-bond acceptors (Lipinski definition) is 7. The lowest BCUT2D eigenvalue weighted by atomic mass is 10.3. The molecule has 0 radical (unpaired) electrons.